The fourth-order valence-electron chi connectivity index (χ4n) is 4.01. The number of rotatable bonds is 2. The van der Waals surface area contributed by atoms with E-state index in [9.17, 15) is 9.18 Å². The lowest BCUT2D eigenvalue weighted by Crippen LogP contribution is -2.60. The predicted octanol–water partition coefficient (Wildman–Crippen LogP) is 2.90. The van der Waals surface area contributed by atoms with Crippen molar-refractivity contribution in [3.05, 3.63) is 53.6 Å². The van der Waals surface area contributed by atoms with E-state index in [1.807, 2.05) is 24.0 Å². The van der Waals surface area contributed by atoms with Gasteiger partial charge in [0.05, 0.1) is 6.20 Å². The van der Waals surface area contributed by atoms with Crippen LogP contribution in [0, 0.1) is 18.2 Å². The number of carbonyl (C=O) groups excluding carboxylic acids is 1. The van der Waals surface area contributed by atoms with Crippen LogP contribution < -0.4 is 0 Å². The molecule has 3 heterocycles. The van der Waals surface area contributed by atoms with Gasteiger partial charge in [0.1, 0.15) is 5.82 Å². The smallest absolute Gasteiger partial charge is 0.323 e. The van der Waals surface area contributed by atoms with Crippen LogP contribution in [0.5, 0.6) is 0 Å². The monoisotopic (exact) mass is 342 g/mol. The maximum Gasteiger partial charge on any atom is 0.344 e. The number of amides is 1. The quantitative estimate of drug-likeness (QED) is 0.843. The summed E-state index contributed by atoms with van der Waals surface area (Å²) in [7, 11) is 0. The number of carbonyl (C=O) groups is 1. The summed E-state index contributed by atoms with van der Waals surface area (Å²) < 4.78 is 14.4. The Kier molecular flexibility index (Phi) is 4.07. The highest BCUT2D eigenvalue weighted by Crippen LogP contribution is 2.41. The molecule has 0 bridgehead atoms. The van der Waals surface area contributed by atoms with Crippen LogP contribution in [0.15, 0.2) is 36.7 Å². The van der Waals surface area contributed by atoms with Gasteiger partial charge in [-0.3, -0.25) is 4.90 Å². The highest BCUT2D eigenvalue weighted by Gasteiger charge is 2.45. The first-order chi connectivity index (χ1) is 12.0. The molecule has 1 aromatic carbocycles. The summed E-state index contributed by atoms with van der Waals surface area (Å²) in [5.74, 6) is -0.187. The third-order valence-corrected chi connectivity index (χ3v) is 5.44. The molecule has 2 aromatic rings. The Balaban J connectivity index is 1.28. The minimum absolute atomic E-state index is 0.0227. The van der Waals surface area contributed by atoms with Crippen molar-refractivity contribution in [1.82, 2.24) is 19.6 Å². The van der Waals surface area contributed by atoms with Crippen molar-refractivity contribution < 1.29 is 9.18 Å². The largest absolute Gasteiger partial charge is 0.344 e. The van der Waals surface area contributed by atoms with Crippen molar-refractivity contribution in [3.8, 4) is 0 Å². The molecule has 0 atom stereocenters. The molecule has 0 unspecified atom stereocenters. The molecular formula is C19H23FN4O. The molecule has 6 heteroatoms. The Hall–Kier alpha value is -2.21. The van der Waals surface area contributed by atoms with Crippen molar-refractivity contribution in [2.24, 2.45) is 5.41 Å². The van der Waals surface area contributed by atoms with E-state index in [1.165, 1.54) is 16.8 Å². The Labute approximate surface area is 147 Å². The average molecular weight is 342 g/mol. The van der Waals surface area contributed by atoms with E-state index in [1.54, 1.807) is 12.4 Å². The van der Waals surface area contributed by atoms with E-state index in [0.717, 1.165) is 56.7 Å². The minimum Gasteiger partial charge on any atom is -0.323 e. The number of piperidine rings is 1. The molecule has 2 fully saturated rings. The molecule has 0 radical (unpaired) electrons. The van der Waals surface area contributed by atoms with E-state index in [4.69, 9.17) is 0 Å². The standard InChI is InChI=1S/C19H23FN4O/c1-15-10-21-24(11-15)18(25)23-8-6-19(7-9-23)13-22(14-19)12-16-2-4-17(20)5-3-16/h2-5,10-11H,6-9,12-14H2,1H3. The number of halogens is 1. The lowest BCUT2D eigenvalue weighted by molar-refractivity contribution is -0.0443. The number of hydrogen-bond acceptors (Lipinski definition) is 3. The van der Waals surface area contributed by atoms with Crippen molar-refractivity contribution >= 4 is 6.03 Å². The molecule has 1 aromatic heterocycles. The zero-order valence-electron chi connectivity index (χ0n) is 14.5. The maximum atomic E-state index is 13.0. The summed E-state index contributed by atoms with van der Waals surface area (Å²) in [4.78, 5) is 16.8. The average Bonchev–Trinajstić information content (AvgIpc) is 3.02. The summed E-state index contributed by atoms with van der Waals surface area (Å²) in [6.45, 7) is 6.52. The Morgan fingerprint density at radius 2 is 1.88 bits per heavy atom. The van der Waals surface area contributed by atoms with Crippen LogP contribution in [0.4, 0.5) is 9.18 Å². The van der Waals surface area contributed by atoms with Crippen LogP contribution in [0.25, 0.3) is 0 Å². The SMILES string of the molecule is Cc1cnn(C(=O)N2CCC3(CC2)CN(Cc2ccc(F)cc2)C3)c1. The molecule has 1 amide bonds. The number of nitrogens with zero attached hydrogens (tertiary/aromatic N) is 4. The molecule has 5 nitrogen and oxygen atoms in total. The number of benzene rings is 1. The summed E-state index contributed by atoms with van der Waals surface area (Å²) in [5.41, 5.74) is 2.49. The molecule has 4 rings (SSSR count). The second kappa shape index (κ2) is 6.26. The Morgan fingerprint density at radius 3 is 2.48 bits per heavy atom. The number of hydrogen-bond donors (Lipinski definition) is 0. The predicted molar refractivity (Wildman–Crippen MR) is 92.7 cm³/mol. The molecule has 25 heavy (non-hydrogen) atoms. The molecule has 132 valence electrons. The normalized spacial score (nSPS) is 19.8. The van der Waals surface area contributed by atoms with Crippen LogP contribution in [0.1, 0.15) is 24.0 Å². The second-order valence-electron chi connectivity index (χ2n) is 7.50. The van der Waals surface area contributed by atoms with Gasteiger partial charge >= 0.3 is 6.03 Å². The second-order valence-corrected chi connectivity index (χ2v) is 7.50. The molecule has 0 saturated carbocycles. The van der Waals surface area contributed by atoms with Crippen molar-refractivity contribution in [3.63, 3.8) is 0 Å². The van der Waals surface area contributed by atoms with E-state index in [-0.39, 0.29) is 11.8 Å². The lowest BCUT2D eigenvalue weighted by Gasteiger charge is -2.54. The highest BCUT2D eigenvalue weighted by atomic mass is 19.1. The molecule has 2 aliphatic rings. The van der Waals surface area contributed by atoms with Gasteiger partial charge in [0.25, 0.3) is 0 Å². The van der Waals surface area contributed by atoms with Crippen molar-refractivity contribution in [2.45, 2.75) is 26.3 Å². The zero-order chi connectivity index (χ0) is 17.4. The van der Waals surface area contributed by atoms with Crippen LogP contribution in [0.2, 0.25) is 0 Å². The Morgan fingerprint density at radius 1 is 1.20 bits per heavy atom. The van der Waals surface area contributed by atoms with Crippen LogP contribution in [0.3, 0.4) is 0 Å². The van der Waals surface area contributed by atoms with Crippen molar-refractivity contribution in [2.75, 3.05) is 26.2 Å². The number of aryl methyl sites for hydroxylation is 1. The van der Waals surface area contributed by atoms with Gasteiger partial charge in [-0.25, -0.2) is 9.18 Å². The molecule has 0 aliphatic carbocycles. The topological polar surface area (TPSA) is 41.4 Å². The van der Waals surface area contributed by atoms with Gasteiger partial charge in [-0.05, 0) is 48.4 Å². The summed E-state index contributed by atoms with van der Waals surface area (Å²) in [6.07, 6.45) is 5.57. The van der Waals surface area contributed by atoms with Gasteiger partial charge in [0, 0.05) is 38.9 Å². The van der Waals surface area contributed by atoms with E-state index in [0.29, 0.717) is 5.41 Å². The van der Waals surface area contributed by atoms with Gasteiger partial charge in [0.15, 0.2) is 0 Å². The van der Waals surface area contributed by atoms with Gasteiger partial charge in [-0.15, -0.1) is 0 Å². The third kappa shape index (κ3) is 3.31. The number of likely N-dealkylation sites (tertiary alicyclic amines) is 2. The minimum atomic E-state index is -0.187. The van der Waals surface area contributed by atoms with Crippen LogP contribution in [-0.2, 0) is 6.54 Å². The summed E-state index contributed by atoms with van der Waals surface area (Å²) in [5, 5.41) is 4.12. The van der Waals surface area contributed by atoms with Crippen LogP contribution >= 0.6 is 0 Å². The van der Waals surface area contributed by atoms with Gasteiger partial charge in [-0.2, -0.15) is 9.78 Å². The molecular weight excluding hydrogens is 319 g/mol. The van der Waals surface area contributed by atoms with Crippen LogP contribution in [-0.4, -0.2) is 51.8 Å². The zero-order valence-corrected chi connectivity index (χ0v) is 14.5. The van der Waals surface area contributed by atoms with Gasteiger partial charge in [-0.1, -0.05) is 12.1 Å². The third-order valence-electron chi connectivity index (χ3n) is 5.44. The molecule has 2 saturated heterocycles. The Bertz CT molecular complexity index is 754. The van der Waals surface area contributed by atoms with E-state index >= 15 is 0 Å². The maximum absolute atomic E-state index is 13.0. The van der Waals surface area contributed by atoms with Gasteiger partial charge < -0.3 is 4.90 Å². The van der Waals surface area contributed by atoms with Crippen molar-refractivity contribution in [1.29, 1.82) is 0 Å². The molecule has 0 N–H and O–H groups in total. The first-order valence-electron chi connectivity index (χ1n) is 8.80. The van der Waals surface area contributed by atoms with Gasteiger partial charge in [0.2, 0.25) is 0 Å². The fraction of sp³-hybridized carbons (Fsp3) is 0.474. The number of aromatic nitrogens is 2. The highest BCUT2D eigenvalue weighted by molar-refractivity contribution is 5.76. The fourth-order valence-corrected chi connectivity index (χ4v) is 4.01. The van der Waals surface area contributed by atoms with E-state index < -0.39 is 0 Å². The first-order valence-corrected chi connectivity index (χ1v) is 8.80. The van der Waals surface area contributed by atoms with E-state index in [2.05, 4.69) is 10.00 Å². The summed E-state index contributed by atoms with van der Waals surface area (Å²) >= 11 is 0. The molecule has 2 aliphatic heterocycles. The lowest BCUT2D eigenvalue weighted by atomic mass is 9.72. The summed E-state index contributed by atoms with van der Waals surface area (Å²) in [6, 6.07) is 6.73. The molecule has 1 spiro atoms. The first kappa shape index (κ1) is 16.3.